The zero-order chi connectivity index (χ0) is 15.8. The molecule has 120 valence electrons. The number of nitrogens with zero attached hydrogens (tertiary/aromatic N) is 2. The molecule has 2 N–H and O–H groups in total. The summed E-state index contributed by atoms with van der Waals surface area (Å²) in [6, 6.07) is -1.20. The number of carboxylic acid groups (broad SMARTS) is 1. The zero-order valence-corrected chi connectivity index (χ0v) is 12.5. The molecule has 0 aromatic heterocycles. The number of carbonyl (C=O) groups is 3. The third-order valence-corrected chi connectivity index (χ3v) is 3.52. The first-order valence-corrected chi connectivity index (χ1v) is 7.05. The molecule has 1 aliphatic heterocycles. The molecule has 1 heterocycles. The van der Waals surface area contributed by atoms with E-state index in [0.29, 0.717) is 45.6 Å². The van der Waals surface area contributed by atoms with Gasteiger partial charge in [-0.15, -0.1) is 0 Å². The predicted molar refractivity (Wildman–Crippen MR) is 74.9 cm³/mol. The summed E-state index contributed by atoms with van der Waals surface area (Å²) in [5.41, 5.74) is 0. The largest absolute Gasteiger partial charge is 0.480 e. The van der Waals surface area contributed by atoms with Gasteiger partial charge in [-0.2, -0.15) is 0 Å². The number of amides is 2. The van der Waals surface area contributed by atoms with Gasteiger partial charge < -0.3 is 20.1 Å². The number of piperazine rings is 1. The van der Waals surface area contributed by atoms with Gasteiger partial charge in [0.2, 0.25) is 0 Å². The van der Waals surface area contributed by atoms with E-state index in [0.717, 1.165) is 0 Å². The van der Waals surface area contributed by atoms with Crippen molar-refractivity contribution < 1.29 is 24.2 Å². The summed E-state index contributed by atoms with van der Waals surface area (Å²) in [4.78, 5) is 37.6. The highest BCUT2D eigenvalue weighted by atomic mass is 16.5. The molecule has 1 fully saturated rings. The standard InChI is InChI=1S/C13H23N3O5/c1-3-10(12(18)19)14-13(20)16-8-6-15(7-9-16)5-4-11(17)21-2/h10H,3-9H2,1-2H3,(H,14,20)(H,18,19)/t10-/m1/s1. The molecule has 0 spiro atoms. The maximum absolute atomic E-state index is 11.9. The second-order valence-electron chi connectivity index (χ2n) is 4.90. The van der Waals surface area contributed by atoms with E-state index >= 15 is 0 Å². The lowest BCUT2D eigenvalue weighted by Gasteiger charge is -2.35. The lowest BCUT2D eigenvalue weighted by molar-refractivity contribution is -0.141. The Kier molecular flexibility index (Phi) is 6.93. The molecule has 0 aromatic carbocycles. The average Bonchev–Trinajstić information content (AvgIpc) is 2.50. The van der Waals surface area contributed by atoms with Crippen LogP contribution in [-0.2, 0) is 14.3 Å². The Bertz CT molecular complexity index is 380. The Hall–Kier alpha value is -1.83. The summed E-state index contributed by atoms with van der Waals surface area (Å²) in [5.74, 6) is -1.27. The van der Waals surface area contributed by atoms with E-state index in [2.05, 4.69) is 15.0 Å². The zero-order valence-electron chi connectivity index (χ0n) is 12.5. The van der Waals surface area contributed by atoms with E-state index in [9.17, 15) is 14.4 Å². The third kappa shape index (κ3) is 5.58. The lowest BCUT2D eigenvalue weighted by atomic mass is 10.2. The number of urea groups is 1. The second kappa shape index (κ2) is 8.46. The van der Waals surface area contributed by atoms with E-state index in [1.54, 1.807) is 11.8 Å². The van der Waals surface area contributed by atoms with Crippen LogP contribution in [0.3, 0.4) is 0 Å². The third-order valence-electron chi connectivity index (χ3n) is 3.52. The molecule has 1 atom stereocenters. The Balaban J connectivity index is 2.33. The number of carbonyl (C=O) groups excluding carboxylic acids is 2. The number of ether oxygens (including phenoxy) is 1. The minimum Gasteiger partial charge on any atom is -0.480 e. The molecule has 1 aliphatic rings. The van der Waals surface area contributed by atoms with Crippen molar-refractivity contribution >= 4 is 18.0 Å². The Labute approximate surface area is 124 Å². The number of rotatable bonds is 6. The van der Waals surface area contributed by atoms with Gasteiger partial charge in [0, 0.05) is 32.7 Å². The van der Waals surface area contributed by atoms with Gasteiger partial charge in [-0.1, -0.05) is 6.92 Å². The summed E-state index contributed by atoms with van der Waals surface area (Å²) in [6.07, 6.45) is 0.680. The van der Waals surface area contributed by atoms with Crippen molar-refractivity contribution in [3.05, 3.63) is 0 Å². The first-order chi connectivity index (χ1) is 9.97. The van der Waals surface area contributed by atoms with E-state index in [-0.39, 0.29) is 12.0 Å². The molecule has 8 heteroatoms. The maximum Gasteiger partial charge on any atom is 0.326 e. The predicted octanol–water partition coefficient (Wildman–Crippen LogP) is -0.260. The number of aliphatic carboxylic acids is 1. The van der Waals surface area contributed by atoms with Crippen molar-refractivity contribution in [3.63, 3.8) is 0 Å². The number of carboxylic acids is 1. The van der Waals surface area contributed by atoms with Gasteiger partial charge in [0.1, 0.15) is 6.04 Å². The van der Waals surface area contributed by atoms with Crippen LogP contribution in [-0.4, -0.2) is 78.8 Å². The van der Waals surface area contributed by atoms with Crippen molar-refractivity contribution in [3.8, 4) is 0 Å². The minimum atomic E-state index is -1.03. The van der Waals surface area contributed by atoms with Crippen LogP contribution in [0.15, 0.2) is 0 Å². The first kappa shape index (κ1) is 17.2. The minimum absolute atomic E-state index is 0.248. The van der Waals surface area contributed by atoms with Crippen molar-refractivity contribution in [2.45, 2.75) is 25.8 Å². The number of esters is 1. The van der Waals surface area contributed by atoms with Crippen LogP contribution in [0.1, 0.15) is 19.8 Å². The lowest BCUT2D eigenvalue weighted by Crippen LogP contribution is -2.54. The molecule has 21 heavy (non-hydrogen) atoms. The molecule has 1 rings (SSSR count). The fourth-order valence-electron chi connectivity index (χ4n) is 2.10. The van der Waals surface area contributed by atoms with Crippen molar-refractivity contribution in [1.29, 1.82) is 0 Å². The molecule has 0 aromatic rings. The summed E-state index contributed by atoms with van der Waals surface area (Å²) < 4.78 is 4.58. The molecular weight excluding hydrogens is 278 g/mol. The summed E-state index contributed by atoms with van der Waals surface area (Å²) >= 11 is 0. The van der Waals surface area contributed by atoms with Crippen LogP contribution in [0.2, 0.25) is 0 Å². The van der Waals surface area contributed by atoms with Gasteiger partial charge in [0.05, 0.1) is 13.5 Å². The second-order valence-corrected chi connectivity index (χ2v) is 4.90. The van der Waals surface area contributed by atoms with Crippen LogP contribution in [0.5, 0.6) is 0 Å². The molecule has 8 nitrogen and oxygen atoms in total. The topological polar surface area (TPSA) is 99.2 Å². The van der Waals surface area contributed by atoms with Crippen LogP contribution < -0.4 is 5.32 Å². The van der Waals surface area contributed by atoms with Gasteiger partial charge in [0.25, 0.3) is 0 Å². The molecule has 0 radical (unpaired) electrons. The smallest absolute Gasteiger partial charge is 0.326 e. The normalized spacial score (nSPS) is 17.1. The van der Waals surface area contributed by atoms with E-state index < -0.39 is 12.0 Å². The van der Waals surface area contributed by atoms with Crippen molar-refractivity contribution in [2.24, 2.45) is 0 Å². The quantitative estimate of drug-likeness (QED) is 0.656. The van der Waals surface area contributed by atoms with Crippen molar-refractivity contribution in [2.75, 3.05) is 39.8 Å². The highest BCUT2D eigenvalue weighted by Gasteiger charge is 2.25. The van der Waals surface area contributed by atoms with Crippen LogP contribution in [0.4, 0.5) is 4.79 Å². The SMILES string of the molecule is CC[C@@H](NC(=O)N1CCN(CCC(=O)OC)CC1)C(=O)O. The monoisotopic (exact) mass is 301 g/mol. The highest BCUT2D eigenvalue weighted by Crippen LogP contribution is 2.04. The Morgan fingerprint density at radius 3 is 2.33 bits per heavy atom. The number of hydrogen-bond acceptors (Lipinski definition) is 5. The van der Waals surface area contributed by atoms with Crippen LogP contribution in [0.25, 0.3) is 0 Å². The van der Waals surface area contributed by atoms with Gasteiger partial charge in [-0.3, -0.25) is 9.69 Å². The summed E-state index contributed by atoms with van der Waals surface area (Å²) in [6.45, 7) is 4.67. The molecule has 2 amide bonds. The Morgan fingerprint density at radius 2 is 1.86 bits per heavy atom. The number of nitrogens with one attached hydrogen (secondary N) is 1. The number of hydrogen-bond donors (Lipinski definition) is 2. The highest BCUT2D eigenvalue weighted by molar-refractivity contribution is 5.82. The van der Waals surface area contributed by atoms with E-state index in [1.807, 2.05) is 0 Å². The fraction of sp³-hybridized carbons (Fsp3) is 0.769. The van der Waals surface area contributed by atoms with Gasteiger partial charge in [0.15, 0.2) is 0 Å². The molecule has 0 bridgehead atoms. The maximum atomic E-state index is 11.9. The van der Waals surface area contributed by atoms with Crippen LogP contribution in [0, 0.1) is 0 Å². The Morgan fingerprint density at radius 1 is 1.24 bits per heavy atom. The van der Waals surface area contributed by atoms with Gasteiger partial charge in [-0.25, -0.2) is 9.59 Å². The van der Waals surface area contributed by atoms with E-state index in [4.69, 9.17) is 5.11 Å². The molecular formula is C13H23N3O5. The van der Waals surface area contributed by atoms with E-state index in [1.165, 1.54) is 7.11 Å². The fourth-order valence-corrected chi connectivity index (χ4v) is 2.10. The molecule has 0 aliphatic carbocycles. The van der Waals surface area contributed by atoms with Crippen molar-refractivity contribution in [1.82, 2.24) is 15.1 Å². The summed E-state index contributed by atoms with van der Waals surface area (Å²) in [7, 11) is 1.36. The van der Waals surface area contributed by atoms with Gasteiger partial charge in [-0.05, 0) is 6.42 Å². The van der Waals surface area contributed by atoms with Crippen LogP contribution >= 0.6 is 0 Å². The average molecular weight is 301 g/mol. The first-order valence-electron chi connectivity index (χ1n) is 7.05. The molecule has 0 unspecified atom stereocenters. The number of methoxy groups -OCH3 is 1. The van der Waals surface area contributed by atoms with Gasteiger partial charge >= 0.3 is 18.0 Å². The molecule has 1 saturated heterocycles. The molecule has 0 saturated carbocycles. The summed E-state index contributed by atoms with van der Waals surface area (Å²) in [5, 5.41) is 11.4.